The molecule has 2 N–H and O–H groups in total. The smallest absolute Gasteiger partial charge is 0.320 e. The predicted octanol–water partition coefficient (Wildman–Crippen LogP) is 5.06. The molecule has 0 bridgehead atoms. The second-order valence-corrected chi connectivity index (χ2v) is 5.05. The Morgan fingerprint density at radius 1 is 0.900 bits per heavy atom. The standard InChI is InChI=1S/C14H10Cl2F3N/c15-10-2-1-3-11(16)12(10)13(20)8-4-6-9(7-5-8)14(17,18)19/h1-7,13H,20H2. The molecule has 0 saturated heterocycles. The maximum atomic E-state index is 12.5. The van der Waals surface area contributed by atoms with Crippen LogP contribution in [0.5, 0.6) is 0 Å². The van der Waals surface area contributed by atoms with Gasteiger partial charge in [0.1, 0.15) is 0 Å². The van der Waals surface area contributed by atoms with Crippen molar-refractivity contribution in [3.05, 3.63) is 69.2 Å². The first kappa shape index (κ1) is 15.2. The molecule has 20 heavy (non-hydrogen) atoms. The van der Waals surface area contributed by atoms with Crippen molar-refractivity contribution in [1.82, 2.24) is 0 Å². The third kappa shape index (κ3) is 3.08. The molecular weight excluding hydrogens is 310 g/mol. The quantitative estimate of drug-likeness (QED) is 0.822. The maximum absolute atomic E-state index is 12.5. The first-order chi connectivity index (χ1) is 9.30. The highest BCUT2D eigenvalue weighted by Gasteiger charge is 2.30. The van der Waals surface area contributed by atoms with Crippen LogP contribution in [0.4, 0.5) is 13.2 Å². The number of hydrogen-bond acceptors (Lipinski definition) is 1. The zero-order chi connectivity index (χ0) is 14.9. The molecule has 1 atom stereocenters. The van der Waals surface area contributed by atoms with Gasteiger partial charge in [-0.05, 0) is 29.8 Å². The Hall–Kier alpha value is -1.23. The number of alkyl halides is 3. The van der Waals surface area contributed by atoms with Crippen molar-refractivity contribution in [3.63, 3.8) is 0 Å². The molecule has 0 aromatic heterocycles. The lowest BCUT2D eigenvalue weighted by Gasteiger charge is -2.16. The Kier molecular flexibility index (Phi) is 4.28. The van der Waals surface area contributed by atoms with Crippen molar-refractivity contribution in [2.75, 3.05) is 0 Å². The van der Waals surface area contributed by atoms with Crippen molar-refractivity contribution < 1.29 is 13.2 Å². The second kappa shape index (κ2) is 5.64. The SMILES string of the molecule is NC(c1ccc(C(F)(F)F)cc1)c1c(Cl)cccc1Cl. The van der Waals surface area contributed by atoms with Crippen LogP contribution in [0.3, 0.4) is 0 Å². The zero-order valence-electron chi connectivity index (χ0n) is 10.1. The van der Waals surface area contributed by atoms with E-state index in [2.05, 4.69) is 0 Å². The summed E-state index contributed by atoms with van der Waals surface area (Å²) in [7, 11) is 0. The van der Waals surface area contributed by atoms with E-state index in [4.69, 9.17) is 28.9 Å². The van der Waals surface area contributed by atoms with Crippen LogP contribution in [-0.2, 0) is 6.18 Å². The average Bonchev–Trinajstić information content (AvgIpc) is 2.37. The molecule has 0 spiro atoms. The lowest BCUT2D eigenvalue weighted by molar-refractivity contribution is -0.137. The van der Waals surface area contributed by atoms with Crippen molar-refractivity contribution in [3.8, 4) is 0 Å². The molecular formula is C14H10Cl2F3N. The fourth-order valence-corrected chi connectivity index (χ4v) is 2.49. The molecule has 2 rings (SSSR count). The van der Waals surface area contributed by atoms with Gasteiger partial charge in [0.2, 0.25) is 0 Å². The third-order valence-electron chi connectivity index (χ3n) is 2.91. The molecule has 2 aromatic rings. The largest absolute Gasteiger partial charge is 0.416 e. The minimum absolute atomic E-state index is 0.380. The summed E-state index contributed by atoms with van der Waals surface area (Å²) in [5.41, 5.74) is 6.31. The van der Waals surface area contributed by atoms with Crippen LogP contribution in [0.1, 0.15) is 22.7 Å². The van der Waals surface area contributed by atoms with Gasteiger partial charge in [-0.15, -0.1) is 0 Å². The predicted molar refractivity (Wildman–Crippen MR) is 73.9 cm³/mol. The van der Waals surface area contributed by atoms with Gasteiger partial charge in [0, 0.05) is 15.6 Å². The number of benzene rings is 2. The monoisotopic (exact) mass is 319 g/mol. The van der Waals surface area contributed by atoms with Crippen molar-refractivity contribution in [2.45, 2.75) is 12.2 Å². The minimum atomic E-state index is -4.37. The van der Waals surface area contributed by atoms with E-state index in [1.165, 1.54) is 12.1 Å². The van der Waals surface area contributed by atoms with Gasteiger partial charge in [-0.1, -0.05) is 41.4 Å². The minimum Gasteiger partial charge on any atom is -0.320 e. The molecule has 0 saturated carbocycles. The fourth-order valence-electron chi connectivity index (χ4n) is 1.85. The Morgan fingerprint density at radius 2 is 1.40 bits per heavy atom. The first-order valence-corrected chi connectivity index (χ1v) is 6.43. The molecule has 0 heterocycles. The molecule has 106 valence electrons. The lowest BCUT2D eigenvalue weighted by atomic mass is 9.98. The molecule has 1 nitrogen and oxygen atoms in total. The topological polar surface area (TPSA) is 26.0 Å². The van der Waals surface area contributed by atoms with Crippen LogP contribution in [0.2, 0.25) is 10.0 Å². The summed E-state index contributed by atoms with van der Waals surface area (Å²) >= 11 is 12.1. The van der Waals surface area contributed by atoms with Crippen molar-refractivity contribution in [1.29, 1.82) is 0 Å². The van der Waals surface area contributed by atoms with Gasteiger partial charge >= 0.3 is 6.18 Å². The lowest BCUT2D eigenvalue weighted by Crippen LogP contribution is -2.13. The van der Waals surface area contributed by atoms with Crippen LogP contribution in [-0.4, -0.2) is 0 Å². The van der Waals surface area contributed by atoms with Gasteiger partial charge < -0.3 is 5.73 Å². The average molecular weight is 320 g/mol. The van der Waals surface area contributed by atoms with E-state index >= 15 is 0 Å². The van der Waals surface area contributed by atoms with Crippen LogP contribution >= 0.6 is 23.2 Å². The third-order valence-corrected chi connectivity index (χ3v) is 3.57. The Labute approximate surface area is 124 Å². The van der Waals surface area contributed by atoms with Crippen LogP contribution < -0.4 is 5.73 Å². The van der Waals surface area contributed by atoms with E-state index in [9.17, 15) is 13.2 Å². The number of halogens is 5. The van der Waals surface area contributed by atoms with E-state index in [0.717, 1.165) is 12.1 Å². The van der Waals surface area contributed by atoms with Gasteiger partial charge in [0.25, 0.3) is 0 Å². The van der Waals surface area contributed by atoms with E-state index in [-0.39, 0.29) is 0 Å². The van der Waals surface area contributed by atoms with Crippen molar-refractivity contribution >= 4 is 23.2 Å². The molecule has 0 radical (unpaired) electrons. The highest BCUT2D eigenvalue weighted by Crippen LogP contribution is 2.34. The van der Waals surface area contributed by atoms with E-state index < -0.39 is 17.8 Å². The molecule has 1 unspecified atom stereocenters. The Balaban J connectivity index is 2.37. The summed E-state index contributed by atoms with van der Waals surface area (Å²) in [5.74, 6) is 0. The van der Waals surface area contributed by atoms with Crippen molar-refractivity contribution in [2.24, 2.45) is 5.73 Å². The first-order valence-electron chi connectivity index (χ1n) is 5.67. The maximum Gasteiger partial charge on any atom is 0.416 e. The number of rotatable bonds is 2. The molecule has 0 fully saturated rings. The summed E-state index contributed by atoms with van der Waals surface area (Å²) in [6.07, 6.45) is -4.37. The summed E-state index contributed by atoms with van der Waals surface area (Å²) in [6.45, 7) is 0. The molecule has 0 aliphatic rings. The highest BCUT2D eigenvalue weighted by atomic mass is 35.5. The molecule has 0 aliphatic heterocycles. The summed E-state index contributed by atoms with van der Waals surface area (Å²) < 4.78 is 37.5. The van der Waals surface area contributed by atoms with Crippen LogP contribution in [0.25, 0.3) is 0 Å². The van der Waals surface area contributed by atoms with Gasteiger partial charge in [0.15, 0.2) is 0 Å². The van der Waals surface area contributed by atoms with Gasteiger partial charge in [-0.25, -0.2) is 0 Å². The molecule has 0 amide bonds. The molecule has 6 heteroatoms. The van der Waals surface area contributed by atoms with E-state index in [1.807, 2.05) is 0 Å². The van der Waals surface area contributed by atoms with Crippen LogP contribution in [0, 0.1) is 0 Å². The summed E-state index contributed by atoms with van der Waals surface area (Å²) in [4.78, 5) is 0. The normalized spacial score (nSPS) is 13.3. The highest BCUT2D eigenvalue weighted by molar-refractivity contribution is 6.36. The summed E-state index contributed by atoms with van der Waals surface area (Å²) in [5, 5.41) is 0.759. The van der Waals surface area contributed by atoms with E-state index in [0.29, 0.717) is 21.2 Å². The second-order valence-electron chi connectivity index (χ2n) is 4.23. The van der Waals surface area contributed by atoms with Crippen LogP contribution in [0.15, 0.2) is 42.5 Å². The van der Waals surface area contributed by atoms with E-state index in [1.54, 1.807) is 18.2 Å². The molecule has 2 aromatic carbocycles. The van der Waals surface area contributed by atoms with Gasteiger partial charge in [-0.2, -0.15) is 13.2 Å². The fraction of sp³-hybridized carbons (Fsp3) is 0.143. The number of nitrogens with two attached hydrogens (primary N) is 1. The Bertz CT molecular complexity index is 589. The number of hydrogen-bond donors (Lipinski definition) is 1. The van der Waals surface area contributed by atoms with Gasteiger partial charge in [0.05, 0.1) is 11.6 Å². The van der Waals surface area contributed by atoms with Gasteiger partial charge in [-0.3, -0.25) is 0 Å². The zero-order valence-corrected chi connectivity index (χ0v) is 11.6. The molecule has 0 aliphatic carbocycles. The Morgan fingerprint density at radius 3 is 1.85 bits per heavy atom. The summed E-state index contributed by atoms with van der Waals surface area (Å²) in [6, 6.07) is 8.88.